The normalized spacial score (nSPS) is 18.1. The highest BCUT2D eigenvalue weighted by atomic mass is 35.7. The number of likely N-dealkylation sites (N-methyl/N-ethyl adjacent to an activating group) is 1. The van der Waals surface area contributed by atoms with Gasteiger partial charge in [0.25, 0.3) is 15.0 Å². The van der Waals surface area contributed by atoms with E-state index in [2.05, 4.69) is 5.32 Å². The monoisotopic (exact) mass is 602 g/mol. The van der Waals surface area contributed by atoms with Gasteiger partial charge in [-0.2, -0.15) is 0 Å². The van der Waals surface area contributed by atoms with Crippen LogP contribution in [0.25, 0.3) is 22.3 Å². The van der Waals surface area contributed by atoms with Gasteiger partial charge in [-0.3, -0.25) is 9.59 Å². The van der Waals surface area contributed by atoms with Crippen LogP contribution in [0.4, 0.5) is 0 Å². The van der Waals surface area contributed by atoms with Gasteiger partial charge in [-0.15, -0.1) is 0 Å². The van der Waals surface area contributed by atoms with E-state index < -0.39 is 38.1 Å². The molecule has 40 heavy (non-hydrogen) atoms. The second kappa shape index (κ2) is 10.8. The summed E-state index contributed by atoms with van der Waals surface area (Å²) in [6, 6.07) is 13.8. The molecule has 0 unspecified atom stereocenters. The predicted octanol–water partition coefficient (Wildman–Crippen LogP) is 4.67. The third kappa shape index (κ3) is 5.40. The molecule has 1 saturated heterocycles. The number of phenolic OH excluding ortho intramolecular Hbond substituents is 2. The van der Waals surface area contributed by atoms with Crippen molar-refractivity contribution in [2.24, 2.45) is 0 Å². The maximum Gasteiger partial charge on any atom is 0.261 e. The number of carbonyl (C=O) groups excluding carboxylic acids is 1. The van der Waals surface area contributed by atoms with Gasteiger partial charge in [0.2, 0.25) is 0 Å². The number of rotatable bonds is 5. The fourth-order valence-electron chi connectivity index (χ4n) is 5.10. The van der Waals surface area contributed by atoms with Gasteiger partial charge >= 0.3 is 0 Å². The Morgan fingerprint density at radius 3 is 2.45 bits per heavy atom. The van der Waals surface area contributed by atoms with Crippen molar-refractivity contribution in [1.82, 2.24) is 10.2 Å². The van der Waals surface area contributed by atoms with Crippen LogP contribution in [-0.4, -0.2) is 55.6 Å². The van der Waals surface area contributed by atoms with Gasteiger partial charge in [0, 0.05) is 58.0 Å². The largest absolute Gasteiger partial charge is 0.507 e. The van der Waals surface area contributed by atoms with E-state index in [0.29, 0.717) is 30.1 Å². The number of halogens is 2. The highest BCUT2D eigenvalue weighted by Crippen LogP contribution is 2.43. The van der Waals surface area contributed by atoms with Crippen molar-refractivity contribution >= 4 is 48.2 Å². The lowest BCUT2D eigenvalue weighted by molar-refractivity contribution is 0.0899. The summed E-state index contributed by atoms with van der Waals surface area (Å²) in [5.74, 6) is -1.52. The van der Waals surface area contributed by atoms with Crippen LogP contribution in [0, 0.1) is 0 Å². The van der Waals surface area contributed by atoms with Crippen LogP contribution >= 0.6 is 22.3 Å². The number of aromatic hydroxyl groups is 2. The molecule has 0 aliphatic carbocycles. The first-order valence-corrected chi connectivity index (χ1v) is 14.9. The zero-order valence-corrected chi connectivity index (χ0v) is 23.4. The number of fused-ring (bicyclic) bond motifs is 1. The predicted molar refractivity (Wildman–Crippen MR) is 152 cm³/mol. The molecule has 0 saturated carbocycles. The lowest BCUT2D eigenvalue weighted by atomic mass is 9.83. The highest BCUT2D eigenvalue weighted by molar-refractivity contribution is 8.13. The molecule has 1 aliphatic heterocycles. The van der Waals surface area contributed by atoms with Crippen LogP contribution in [0.5, 0.6) is 11.5 Å². The minimum atomic E-state index is -3.94. The Bertz CT molecular complexity index is 1790. The van der Waals surface area contributed by atoms with Gasteiger partial charge in [-0.05, 0) is 56.4 Å². The number of phenols is 2. The molecule has 2 atom stereocenters. The molecule has 2 heterocycles. The summed E-state index contributed by atoms with van der Waals surface area (Å²) < 4.78 is 29.3. The van der Waals surface area contributed by atoms with Crippen molar-refractivity contribution in [1.29, 1.82) is 0 Å². The number of amides is 1. The smallest absolute Gasteiger partial charge is 0.261 e. The minimum absolute atomic E-state index is 0.00499. The summed E-state index contributed by atoms with van der Waals surface area (Å²) in [7, 11) is 3.33. The van der Waals surface area contributed by atoms with Crippen molar-refractivity contribution in [2.75, 3.05) is 20.1 Å². The molecule has 3 aromatic carbocycles. The Kier molecular flexibility index (Phi) is 7.54. The van der Waals surface area contributed by atoms with E-state index in [-0.39, 0.29) is 38.5 Å². The molecule has 208 valence electrons. The molecular formula is C28H24Cl2N2O7S. The summed E-state index contributed by atoms with van der Waals surface area (Å²) in [5, 5.41) is 24.9. The molecule has 0 spiro atoms. The van der Waals surface area contributed by atoms with E-state index in [1.54, 1.807) is 24.3 Å². The summed E-state index contributed by atoms with van der Waals surface area (Å²) >= 11 is 6.35. The Balaban J connectivity index is 1.59. The number of benzene rings is 3. The Morgan fingerprint density at radius 2 is 1.77 bits per heavy atom. The summed E-state index contributed by atoms with van der Waals surface area (Å²) in [5.41, 5.74) is 0.444. The number of hydrogen-bond acceptors (Lipinski definition) is 8. The van der Waals surface area contributed by atoms with Crippen LogP contribution in [0.15, 0.2) is 74.8 Å². The fourth-order valence-corrected chi connectivity index (χ4v) is 6.10. The SMILES string of the molecule is CN1CC[C@H](c2c(O)cc(O)c3c(=O)cc(-c4ccccc4Cl)oc23)[C@@H](NC(=O)c2ccc(S(=O)(=O)Cl)cc2)C1. The molecule has 4 aromatic rings. The van der Waals surface area contributed by atoms with Crippen molar-refractivity contribution in [3.05, 3.63) is 87.0 Å². The number of piperidine rings is 1. The van der Waals surface area contributed by atoms with Gasteiger partial charge in [0.1, 0.15) is 28.2 Å². The van der Waals surface area contributed by atoms with Crippen molar-refractivity contribution in [3.63, 3.8) is 0 Å². The first kappa shape index (κ1) is 28.0. The van der Waals surface area contributed by atoms with Crippen molar-refractivity contribution < 1.29 is 27.8 Å². The van der Waals surface area contributed by atoms with Gasteiger partial charge in [0.05, 0.1) is 9.92 Å². The van der Waals surface area contributed by atoms with Crippen LogP contribution in [0.1, 0.15) is 28.3 Å². The van der Waals surface area contributed by atoms with Crippen molar-refractivity contribution in [2.45, 2.75) is 23.3 Å². The lowest BCUT2D eigenvalue weighted by Gasteiger charge is -2.37. The second-order valence-corrected chi connectivity index (χ2v) is 12.7. The Labute approximate surface area is 239 Å². The van der Waals surface area contributed by atoms with Crippen molar-refractivity contribution in [3.8, 4) is 22.8 Å². The first-order chi connectivity index (χ1) is 18.9. The first-order valence-electron chi connectivity index (χ1n) is 12.3. The molecule has 5 rings (SSSR count). The van der Waals surface area contributed by atoms with Crippen LogP contribution in [0.3, 0.4) is 0 Å². The molecule has 9 nitrogen and oxygen atoms in total. The molecule has 12 heteroatoms. The number of nitrogens with one attached hydrogen (secondary N) is 1. The standard InChI is InChI=1S/C28H24Cl2N2O7S/c1-32-11-10-18(20(14-32)31-28(36)15-6-8-16(9-7-15)40(30,37)38)25-21(33)12-22(34)26-23(35)13-24(39-27(25)26)17-4-2-3-5-19(17)29/h2-9,12-13,18,20,33-34H,10-11,14H2,1H3,(H,31,36)/t18-,20-/m0/s1. The average molecular weight is 603 g/mol. The second-order valence-electron chi connectivity index (χ2n) is 9.69. The highest BCUT2D eigenvalue weighted by Gasteiger charge is 2.35. The topological polar surface area (TPSA) is 137 Å². The van der Waals surface area contributed by atoms with E-state index in [9.17, 15) is 28.2 Å². The van der Waals surface area contributed by atoms with E-state index in [1.165, 1.54) is 30.3 Å². The molecule has 1 amide bonds. The molecule has 1 fully saturated rings. The molecule has 1 aromatic heterocycles. The summed E-state index contributed by atoms with van der Waals surface area (Å²) in [4.78, 5) is 28.2. The number of nitrogens with zero attached hydrogens (tertiary/aromatic N) is 1. The zero-order chi connectivity index (χ0) is 28.8. The lowest BCUT2D eigenvalue weighted by Crippen LogP contribution is -2.50. The van der Waals surface area contributed by atoms with E-state index in [1.807, 2.05) is 11.9 Å². The molecule has 0 radical (unpaired) electrons. The fraction of sp³-hybridized carbons (Fsp3) is 0.214. The van der Waals surface area contributed by atoms with Gasteiger partial charge in [-0.25, -0.2) is 8.42 Å². The molecule has 1 aliphatic rings. The van der Waals surface area contributed by atoms with Gasteiger partial charge in [0.15, 0.2) is 5.43 Å². The Morgan fingerprint density at radius 1 is 1.07 bits per heavy atom. The third-order valence-electron chi connectivity index (χ3n) is 7.04. The van der Waals surface area contributed by atoms with Gasteiger partial charge in [-0.1, -0.05) is 23.7 Å². The summed E-state index contributed by atoms with van der Waals surface area (Å²) in [6.45, 7) is 1.02. The average Bonchev–Trinajstić information content (AvgIpc) is 2.89. The molecule has 0 bridgehead atoms. The van der Waals surface area contributed by atoms with Crippen LogP contribution in [-0.2, 0) is 9.05 Å². The maximum absolute atomic E-state index is 13.2. The molecule has 3 N–H and O–H groups in total. The number of carbonyl (C=O) groups is 1. The van der Waals surface area contributed by atoms with Gasteiger partial charge < -0.3 is 24.8 Å². The van der Waals surface area contributed by atoms with Crippen LogP contribution < -0.4 is 10.7 Å². The number of hydrogen-bond donors (Lipinski definition) is 3. The maximum atomic E-state index is 13.2. The van der Waals surface area contributed by atoms with Crippen LogP contribution in [0.2, 0.25) is 5.02 Å². The van der Waals surface area contributed by atoms with E-state index in [4.69, 9.17) is 26.7 Å². The Hall–Kier alpha value is -3.57. The third-order valence-corrected chi connectivity index (χ3v) is 8.74. The number of likely N-dealkylation sites (tertiary alicyclic amines) is 1. The summed E-state index contributed by atoms with van der Waals surface area (Å²) in [6.07, 6.45) is 0.484. The zero-order valence-electron chi connectivity index (χ0n) is 21.1. The van der Waals surface area contributed by atoms with E-state index >= 15 is 0 Å². The quantitative estimate of drug-likeness (QED) is 0.280. The van der Waals surface area contributed by atoms with E-state index in [0.717, 1.165) is 6.07 Å². The minimum Gasteiger partial charge on any atom is -0.507 e. The molecular weight excluding hydrogens is 579 g/mol.